The summed E-state index contributed by atoms with van der Waals surface area (Å²) in [5.74, 6) is 0. The molecule has 0 radical (unpaired) electrons. The molecule has 0 amide bonds. The number of benzene rings is 2. The average Bonchev–Trinajstić information content (AvgIpc) is 2.84. The Bertz CT molecular complexity index is 778. The molecule has 20 heavy (non-hydrogen) atoms. The maximum absolute atomic E-state index is 11.0. The standard InChI is InChI=1S/C15H11BrN2O2/c16-12-6-4-11(5-7-12)10-17-9-8-13-14(17)2-1-3-15(13)18(19)20/h1-9H,10H2. The third-order valence-corrected chi connectivity index (χ3v) is 3.78. The molecule has 1 aromatic heterocycles. The van der Waals surface area contributed by atoms with E-state index in [1.807, 2.05) is 41.1 Å². The summed E-state index contributed by atoms with van der Waals surface area (Å²) in [6.45, 7) is 0.692. The first-order chi connectivity index (χ1) is 9.65. The fraction of sp³-hybridized carbons (Fsp3) is 0.0667. The van der Waals surface area contributed by atoms with Gasteiger partial charge in [0.1, 0.15) is 0 Å². The van der Waals surface area contributed by atoms with Crippen LogP contribution in [0.3, 0.4) is 0 Å². The summed E-state index contributed by atoms with van der Waals surface area (Å²) >= 11 is 3.41. The molecule has 100 valence electrons. The van der Waals surface area contributed by atoms with Gasteiger partial charge < -0.3 is 4.57 Å². The first kappa shape index (κ1) is 12.9. The van der Waals surface area contributed by atoms with Crippen LogP contribution in [-0.2, 0) is 6.54 Å². The summed E-state index contributed by atoms with van der Waals surface area (Å²) in [5.41, 5.74) is 2.18. The average molecular weight is 331 g/mol. The quantitative estimate of drug-likeness (QED) is 0.529. The summed E-state index contributed by atoms with van der Waals surface area (Å²) in [4.78, 5) is 10.7. The Morgan fingerprint density at radius 1 is 1.10 bits per heavy atom. The van der Waals surface area contributed by atoms with Gasteiger partial charge in [-0.2, -0.15) is 0 Å². The predicted octanol–water partition coefficient (Wildman–Crippen LogP) is 4.36. The first-order valence-corrected chi connectivity index (χ1v) is 6.91. The van der Waals surface area contributed by atoms with Crippen LogP contribution < -0.4 is 0 Å². The fourth-order valence-electron chi connectivity index (χ4n) is 2.29. The van der Waals surface area contributed by atoms with Crippen LogP contribution >= 0.6 is 15.9 Å². The minimum Gasteiger partial charge on any atom is -0.343 e. The molecule has 3 aromatic rings. The van der Waals surface area contributed by atoms with Gasteiger partial charge in [0.05, 0.1) is 15.8 Å². The van der Waals surface area contributed by atoms with Crippen molar-refractivity contribution in [1.82, 2.24) is 4.57 Å². The Balaban J connectivity index is 2.03. The van der Waals surface area contributed by atoms with Gasteiger partial charge in [0.25, 0.3) is 5.69 Å². The zero-order chi connectivity index (χ0) is 14.1. The lowest BCUT2D eigenvalue weighted by Gasteiger charge is -2.06. The number of non-ortho nitro benzene ring substituents is 1. The Morgan fingerprint density at radius 3 is 2.55 bits per heavy atom. The topological polar surface area (TPSA) is 48.1 Å². The van der Waals surface area contributed by atoms with E-state index >= 15 is 0 Å². The second-order valence-electron chi connectivity index (χ2n) is 4.54. The number of hydrogen-bond donors (Lipinski definition) is 0. The van der Waals surface area contributed by atoms with Crippen LogP contribution in [0, 0.1) is 10.1 Å². The highest BCUT2D eigenvalue weighted by molar-refractivity contribution is 9.10. The maximum Gasteiger partial charge on any atom is 0.278 e. The van der Waals surface area contributed by atoms with Crippen LogP contribution in [0.5, 0.6) is 0 Å². The molecule has 0 unspecified atom stereocenters. The number of nitrogens with zero attached hydrogens (tertiary/aromatic N) is 2. The highest BCUT2D eigenvalue weighted by atomic mass is 79.9. The molecule has 0 fully saturated rings. The van der Waals surface area contributed by atoms with Crippen molar-refractivity contribution in [3.8, 4) is 0 Å². The third kappa shape index (κ3) is 2.32. The zero-order valence-corrected chi connectivity index (χ0v) is 12.1. The molecule has 0 aliphatic carbocycles. The second-order valence-corrected chi connectivity index (χ2v) is 5.45. The third-order valence-electron chi connectivity index (χ3n) is 3.25. The van der Waals surface area contributed by atoms with Gasteiger partial charge in [-0.05, 0) is 29.8 Å². The van der Waals surface area contributed by atoms with E-state index in [0.29, 0.717) is 11.9 Å². The van der Waals surface area contributed by atoms with E-state index in [1.165, 1.54) is 6.07 Å². The Hall–Kier alpha value is -2.14. The van der Waals surface area contributed by atoms with Crippen LogP contribution in [0.1, 0.15) is 5.56 Å². The number of hydrogen-bond acceptors (Lipinski definition) is 2. The number of rotatable bonds is 3. The van der Waals surface area contributed by atoms with Crippen molar-refractivity contribution in [3.63, 3.8) is 0 Å². The largest absolute Gasteiger partial charge is 0.343 e. The lowest BCUT2D eigenvalue weighted by atomic mass is 10.2. The molecule has 0 atom stereocenters. The number of aromatic nitrogens is 1. The van der Waals surface area contributed by atoms with Crippen molar-refractivity contribution in [2.24, 2.45) is 0 Å². The summed E-state index contributed by atoms with van der Waals surface area (Å²) < 4.78 is 3.06. The lowest BCUT2D eigenvalue weighted by molar-refractivity contribution is -0.383. The lowest BCUT2D eigenvalue weighted by Crippen LogP contribution is -1.97. The zero-order valence-electron chi connectivity index (χ0n) is 10.5. The van der Waals surface area contributed by atoms with Gasteiger partial charge >= 0.3 is 0 Å². The highest BCUT2D eigenvalue weighted by Crippen LogP contribution is 2.26. The van der Waals surface area contributed by atoms with E-state index in [-0.39, 0.29) is 10.6 Å². The molecule has 0 aliphatic rings. The van der Waals surface area contributed by atoms with Crippen LogP contribution in [0.15, 0.2) is 59.2 Å². The van der Waals surface area contributed by atoms with Gasteiger partial charge in [0, 0.05) is 23.3 Å². The van der Waals surface area contributed by atoms with Crippen molar-refractivity contribution in [2.45, 2.75) is 6.54 Å². The highest BCUT2D eigenvalue weighted by Gasteiger charge is 2.13. The van der Waals surface area contributed by atoms with Crippen molar-refractivity contribution >= 4 is 32.5 Å². The van der Waals surface area contributed by atoms with Crippen LogP contribution in [0.2, 0.25) is 0 Å². The van der Waals surface area contributed by atoms with E-state index in [1.54, 1.807) is 12.1 Å². The Kier molecular flexibility index (Phi) is 3.28. The summed E-state index contributed by atoms with van der Waals surface area (Å²) in [5, 5.41) is 11.7. The van der Waals surface area contributed by atoms with E-state index in [9.17, 15) is 10.1 Å². The molecule has 0 spiro atoms. The molecule has 0 bridgehead atoms. The Morgan fingerprint density at radius 2 is 1.85 bits per heavy atom. The van der Waals surface area contributed by atoms with E-state index < -0.39 is 0 Å². The molecule has 0 saturated carbocycles. The van der Waals surface area contributed by atoms with E-state index in [2.05, 4.69) is 15.9 Å². The van der Waals surface area contributed by atoms with Crippen LogP contribution in [-0.4, -0.2) is 9.49 Å². The number of nitro groups is 1. The van der Waals surface area contributed by atoms with Crippen LogP contribution in [0.4, 0.5) is 5.69 Å². The summed E-state index contributed by atoms with van der Waals surface area (Å²) in [7, 11) is 0. The molecule has 0 N–H and O–H groups in total. The van der Waals surface area contributed by atoms with Crippen LogP contribution in [0.25, 0.3) is 10.9 Å². The van der Waals surface area contributed by atoms with Gasteiger partial charge in [-0.15, -0.1) is 0 Å². The molecule has 0 aliphatic heterocycles. The first-order valence-electron chi connectivity index (χ1n) is 6.12. The van der Waals surface area contributed by atoms with Crippen molar-refractivity contribution in [2.75, 3.05) is 0 Å². The van der Waals surface area contributed by atoms with Gasteiger partial charge in [-0.3, -0.25) is 10.1 Å². The van der Waals surface area contributed by atoms with E-state index in [0.717, 1.165) is 15.6 Å². The normalized spacial score (nSPS) is 10.8. The molecule has 1 heterocycles. The summed E-state index contributed by atoms with van der Waals surface area (Å²) in [6, 6.07) is 15.0. The van der Waals surface area contributed by atoms with Gasteiger partial charge in [-0.25, -0.2) is 0 Å². The molecule has 2 aromatic carbocycles. The smallest absolute Gasteiger partial charge is 0.278 e. The van der Waals surface area contributed by atoms with Gasteiger partial charge in [0.2, 0.25) is 0 Å². The molecular weight excluding hydrogens is 320 g/mol. The van der Waals surface area contributed by atoms with Crippen molar-refractivity contribution in [3.05, 3.63) is 74.9 Å². The Labute approximate surface area is 123 Å². The fourth-order valence-corrected chi connectivity index (χ4v) is 2.56. The molecular formula is C15H11BrN2O2. The van der Waals surface area contributed by atoms with Crippen molar-refractivity contribution in [1.29, 1.82) is 0 Å². The maximum atomic E-state index is 11.0. The summed E-state index contributed by atoms with van der Waals surface area (Å²) in [6.07, 6.45) is 1.89. The molecule has 5 heteroatoms. The second kappa shape index (κ2) is 5.09. The van der Waals surface area contributed by atoms with E-state index in [4.69, 9.17) is 0 Å². The minimum absolute atomic E-state index is 0.150. The molecule has 4 nitrogen and oxygen atoms in total. The minimum atomic E-state index is -0.341. The molecule has 0 saturated heterocycles. The van der Waals surface area contributed by atoms with Crippen molar-refractivity contribution < 1.29 is 4.92 Å². The number of fused-ring (bicyclic) bond motifs is 1. The predicted molar refractivity (Wildman–Crippen MR) is 81.8 cm³/mol. The van der Waals surface area contributed by atoms with Gasteiger partial charge in [0.15, 0.2) is 0 Å². The number of halogens is 1. The molecule has 3 rings (SSSR count). The SMILES string of the molecule is O=[N+]([O-])c1cccc2c1ccn2Cc1ccc(Br)cc1. The monoisotopic (exact) mass is 330 g/mol. The number of nitro benzene ring substituents is 1. The van der Waals surface area contributed by atoms with Gasteiger partial charge in [-0.1, -0.05) is 34.1 Å².